The van der Waals surface area contributed by atoms with Crippen molar-refractivity contribution >= 4 is 23.0 Å². The molecule has 1 aliphatic carbocycles. The van der Waals surface area contributed by atoms with Gasteiger partial charge in [0.15, 0.2) is 0 Å². The molecule has 4 nitrogen and oxygen atoms in total. The van der Waals surface area contributed by atoms with Gasteiger partial charge in [-0.2, -0.15) is 0 Å². The molecule has 1 aromatic heterocycles. The van der Waals surface area contributed by atoms with E-state index in [2.05, 4.69) is 9.97 Å². The highest BCUT2D eigenvalue weighted by Crippen LogP contribution is 2.29. The molecule has 4 rings (SSSR count). The molecule has 1 saturated carbocycles. The summed E-state index contributed by atoms with van der Waals surface area (Å²) in [4.78, 5) is 23.2. The summed E-state index contributed by atoms with van der Waals surface area (Å²) in [5.74, 6) is -0.416. The van der Waals surface area contributed by atoms with Gasteiger partial charge >= 0.3 is 0 Å². The molecule has 130 valence electrons. The van der Waals surface area contributed by atoms with Gasteiger partial charge in [0, 0.05) is 24.2 Å². The van der Waals surface area contributed by atoms with Gasteiger partial charge in [0.1, 0.15) is 5.82 Å². The summed E-state index contributed by atoms with van der Waals surface area (Å²) in [6.45, 7) is 0.282. The fourth-order valence-electron chi connectivity index (χ4n) is 2.89. The Morgan fingerprint density at radius 1 is 1.12 bits per heavy atom. The number of para-hydroxylation sites is 2. The van der Waals surface area contributed by atoms with E-state index in [0.717, 1.165) is 23.9 Å². The van der Waals surface area contributed by atoms with Crippen molar-refractivity contribution in [2.75, 3.05) is 0 Å². The van der Waals surface area contributed by atoms with Crippen LogP contribution in [-0.2, 0) is 11.3 Å². The molecule has 3 aromatic rings. The van der Waals surface area contributed by atoms with Crippen molar-refractivity contribution in [3.05, 3.63) is 77.9 Å². The minimum atomic E-state index is -0.282. The SMILES string of the molecule is O=C(/C=C/c1cnc2ccccc2n1)N(Cc1ccccc1F)C1CC1. The van der Waals surface area contributed by atoms with Gasteiger partial charge in [-0.15, -0.1) is 0 Å². The van der Waals surface area contributed by atoms with Gasteiger partial charge in [-0.3, -0.25) is 9.78 Å². The first kappa shape index (κ1) is 16.4. The van der Waals surface area contributed by atoms with Crippen molar-refractivity contribution in [1.29, 1.82) is 0 Å². The van der Waals surface area contributed by atoms with Gasteiger partial charge in [0.25, 0.3) is 0 Å². The van der Waals surface area contributed by atoms with Crippen LogP contribution in [0, 0.1) is 5.82 Å². The summed E-state index contributed by atoms with van der Waals surface area (Å²) >= 11 is 0. The van der Waals surface area contributed by atoms with Gasteiger partial charge in [-0.05, 0) is 37.1 Å². The zero-order valence-electron chi connectivity index (χ0n) is 14.2. The molecule has 0 N–H and O–H groups in total. The molecule has 0 aliphatic heterocycles. The Kier molecular flexibility index (Phi) is 4.44. The monoisotopic (exact) mass is 347 g/mol. The molecule has 26 heavy (non-hydrogen) atoms. The van der Waals surface area contributed by atoms with Crippen LogP contribution in [0.25, 0.3) is 17.1 Å². The van der Waals surface area contributed by atoms with Gasteiger partial charge in [-0.25, -0.2) is 9.37 Å². The van der Waals surface area contributed by atoms with Crippen LogP contribution in [0.5, 0.6) is 0 Å². The van der Waals surface area contributed by atoms with Crippen molar-refractivity contribution < 1.29 is 9.18 Å². The highest BCUT2D eigenvalue weighted by molar-refractivity contribution is 5.92. The predicted molar refractivity (Wildman–Crippen MR) is 98.5 cm³/mol. The second kappa shape index (κ2) is 7.04. The molecule has 1 fully saturated rings. The highest BCUT2D eigenvalue weighted by Gasteiger charge is 2.32. The fourth-order valence-corrected chi connectivity index (χ4v) is 2.89. The number of carbonyl (C=O) groups is 1. The largest absolute Gasteiger partial charge is 0.332 e. The Hall–Kier alpha value is -3.08. The molecule has 2 aromatic carbocycles. The molecule has 0 radical (unpaired) electrons. The third kappa shape index (κ3) is 3.61. The van der Waals surface area contributed by atoms with Gasteiger partial charge in [0.2, 0.25) is 5.91 Å². The van der Waals surface area contributed by atoms with Crippen LogP contribution in [0.3, 0.4) is 0 Å². The maximum Gasteiger partial charge on any atom is 0.247 e. The van der Waals surface area contributed by atoms with Crippen LogP contribution in [0.1, 0.15) is 24.1 Å². The summed E-state index contributed by atoms with van der Waals surface area (Å²) < 4.78 is 13.9. The van der Waals surface area contributed by atoms with Crippen molar-refractivity contribution in [2.45, 2.75) is 25.4 Å². The van der Waals surface area contributed by atoms with E-state index >= 15 is 0 Å². The van der Waals surface area contributed by atoms with Crippen molar-refractivity contribution in [3.63, 3.8) is 0 Å². The fraction of sp³-hybridized carbons (Fsp3) is 0.190. The highest BCUT2D eigenvalue weighted by atomic mass is 19.1. The minimum Gasteiger partial charge on any atom is -0.332 e. The van der Waals surface area contributed by atoms with Crippen molar-refractivity contribution in [3.8, 4) is 0 Å². The van der Waals surface area contributed by atoms with Gasteiger partial charge < -0.3 is 4.90 Å². The number of nitrogens with zero attached hydrogens (tertiary/aromatic N) is 3. The van der Waals surface area contributed by atoms with Crippen LogP contribution in [0.2, 0.25) is 0 Å². The van der Waals surface area contributed by atoms with Crippen LogP contribution in [0.4, 0.5) is 4.39 Å². The van der Waals surface area contributed by atoms with Crippen LogP contribution < -0.4 is 0 Å². The zero-order valence-corrected chi connectivity index (χ0v) is 14.2. The first-order chi connectivity index (χ1) is 12.7. The minimum absolute atomic E-state index is 0.134. The number of carbonyl (C=O) groups excluding carboxylic acids is 1. The lowest BCUT2D eigenvalue weighted by atomic mass is 10.2. The number of amides is 1. The Balaban J connectivity index is 1.52. The molecular formula is C21H18FN3O. The van der Waals surface area contributed by atoms with E-state index < -0.39 is 0 Å². The van der Waals surface area contributed by atoms with E-state index in [0.29, 0.717) is 11.3 Å². The smallest absolute Gasteiger partial charge is 0.247 e. The van der Waals surface area contributed by atoms with E-state index in [1.54, 1.807) is 35.4 Å². The Morgan fingerprint density at radius 2 is 1.85 bits per heavy atom. The second-order valence-corrected chi connectivity index (χ2v) is 6.41. The Morgan fingerprint density at radius 3 is 2.62 bits per heavy atom. The maximum atomic E-state index is 13.9. The third-order valence-corrected chi connectivity index (χ3v) is 4.43. The number of fused-ring (bicyclic) bond motifs is 1. The number of halogens is 1. The predicted octanol–water partition coefficient (Wildman–Crippen LogP) is 3.97. The quantitative estimate of drug-likeness (QED) is 0.656. The summed E-state index contributed by atoms with van der Waals surface area (Å²) in [5, 5.41) is 0. The van der Waals surface area contributed by atoms with E-state index in [4.69, 9.17) is 0 Å². The molecule has 0 unspecified atom stereocenters. The van der Waals surface area contributed by atoms with Crippen LogP contribution in [-0.4, -0.2) is 26.8 Å². The molecule has 0 saturated heterocycles. The van der Waals surface area contributed by atoms with Crippen LogP contribution in [0.15, 0.2) is 60.8 Å². The van der Waals surface area contributed by atoms with Crippen LogP contribution >= 0.6 is 0 Å². The number of hydrogen-bond donors (Lipinski definition) is 0. The molecule has 1 aliphatic rings. The molecule has 0 spiro atoms. The lowest BCUT2D eigenvalue weighted by Gasteiger charge is -2.21. The average Bonchev–Trinajstić information content (AvgIpc) is 3.50. The van der Waals surface area contributed by atoms with Crippen molar-refractivity contribution in [2.24, 2.45) is 0 Å². The topological polar surface area (TPSA) is 46.1 Å². The Bertz CT molecular complexity index is 982. The lowest BCUT2D eigenvalue weighted by molar-refractivity contribution is -0.127. The molecule has 0 atom stereocenters. The summed E-state index contributed by atoms with van der Waals surface area (Å²) in [6, 6.07) is 14.4. The van der Waals surface area contributed by atoms with Gasteiger partial charge in [-0.1, -0.05) is 30.3 Å². The molecule has 1 amide bonds. The number of aromatic nitrogens is 2. The average molecular weight is 347 g/mol. The van der Waals surface area contributed by atoms with E-state index in [-0.39, 0.29) is 24.3 Å². The van der Waals surface area contributed by atoms with Gasteiger partial charge in [0.05, 0.1) is 22.9 Å². The number of hydrogen-bond acceptors (Lipinski definition) is 3. The molecule has 1 heterocycles. The van der Waals surface area contributed by atoms with E-state index in [1.807, 2.05) is 24.3 Å². The molecular weight excluding hydrogens is 329 g/mol. The van der Waals surface area contributed by atoms with Crippen molar-refractivity contribution in [1.82, 2.24) is 14.9 Å². The standard InChI is InChI=1S/C21H18FN3O/c22-18-6-2-1-5-15(18)14-25(17-10-11-17)21(26)12-9-16-13-23-19-7-3-4-8-20(19)24-16/h1-9,12-13,17H,10-11,14H2/b12-9+. The number of benzene rings is 2. The third-order valence-electron chi connectivity index (χ3n) is 4.43. The molecule has 5 heteroatoms. The van der Waals surface area contributed by atoms with E-state index in [1.165, 1.54) is 12.1 Å². The number of rotatable bonds is 5. The second-order valence-electron chi connectivity index (χ2n) is 6.41. The normalized spacial score (nSPS) is 14.0. The first-order valence-electron chi connectivity index (χ1n) is 8.64. The first-order valence-corrected chi connectivity index (χ1v) is 8.64. The summed E-state index contributed by atoms with van der Waals surface area (Å²) in [5.41, 5.74) is 2.76. The Labute approximate surface area is 151 Å². The lowest BCUT2D eigenvalue weighted by Crippen LogP contribution is -2.31. The van der Waals surface area contributed by atoms with E-state index in [9.17, 15) is 9.18 Å². The zero-order chi connectivity index (χ0) is 17.9. The summed E-state index contributed by atoms with van der Waals surface area (Å²) in [6.07, 6.45) is 6.73. The summed E-state index contributed by atoms with van der Waals surface area (Å²) in [7, 11) is 0. The molecule has 0 bridgehead atoms. The maximum absolute atomic E-state index is 13.9.